The van der Waals surface area contributed by atoms with Crippen LogP contribution in [0.5, 0.6) is 0 Å². The zero-order valence-corrected chi connectivity index (χ0v) is 9.68. The largest absolute Gasteiger partial charge is 0.387 e. The number of aromatic nitrogens is 2. The first-order valence-corrected chi connectivity index (χ1v) is 5.41. The standard InChI is InChI=1S/C11H20N2O2/c1-4-13-10(7-8-12-13)11(14)6-5-9(2)15-3/h7-9,11,14H,4-6H2,1-3H3. The topological polar surface area (TPSA) is 47.3 Å². The van der Waals surface area contributed by atoms with Crippen molar-refractivity contribution in [2.24, 2.45) is 0 Å². The fourth-order valence-corrected chi connectivity index (χ4v) is 1.55. The molecular weight excluding hydrogens is 192 g/mol. The van der Waals surface area contributed by atoms with E-state index in [9.17, 15) is 5.11 Å². The lowest BCUT2D eigenvalue weighted by atomic mass is 10.1. The van der Waals surface area contributed by atoms with Gasteiger partial charge in [-0.05, 0) is 32.8 Å². The lowest BCUT2D eigenvalue weighted by Gasteiger charge is -2.14. The van der Waals surface area contributed by atoms with Gasteiger partial charge in [0.1, 0.15) is 0 Å². The van der Waals surface area contributed by atoms with Gasteiger partial charge in [-0.1, -0.05) is 0 Å². The molecule has 0 bridgehead atoms. The van der Waals surface area contributed by atoms with Crippen LogP contribution in [0.4, 0.5) is 0 Å². The Labute approximate surface area is 90.9 Å². The minimum atomic E-state index is -0.440. The lowest BCUT2D eigenvalue weighted by molar-refractivity contribution is 0.0825. The fourth-order valence-electron chi connectivity index (χ4n) is 1.55. The van der Waals surface area contributed by atoms with E-state index >= 15 is 0 Å². The van der Waals surface area contributed by atoms with Crippen molar-refractivity contribution in [3.05, 3.63) is 18.0 Å². The van der Waals surface area contributed by atoms with E-state index in [2.05, 4.69) is 5.10 Å². The van der Waals surface area contributed by atoms with Crippen LogP contribution in [0.1, 0.15) is 38.5 Å². The fraction of sp³-hybridized carbons (Fsp3) is 0.727. The molecule has 0 saturated carbocycles. The zero-order valence-electron chi connectivity index (χ0n) is 9.68. The molecule has 0 aromatic carbocycles. The average molecular weight is 212 g/mol. The molecule has 0 saturated heterocycles. The molecule has 0 spiro atoms. The number of ether oxygens (including phenoxy) is 1. The maximum atomic E-state index is 9.95. The molecule has 86 valence electrons. The number of hydrogen-bond acceptors (Lipinski definition) is 3. The van der Waals surface area contributed by atoms with Crippen LogP contribution in [-0.2, 0) is 11.3 Å². The van der Waals surface area contributed by atoms with Crippen LogP contribution in [0.3, 0.4) is 0 Å². The summed E-state index contributed by atoms with van der Waals surface area (Å²) in [5.41, 5.74) is 0.890. The average Bonchev–Trinajstić information content (AvgIpc) is 2.73. The molecule has 4 heteroatoms. The molecule has 1 rings (SSSR count). The van der Waals surface area contributed by atoms with Crippen molar-refractivity contribution in [2.45, 2.75) is 45.4 Å². The van der Waals surface area contributed by atoms with Crippen LogP contribution in [0.15, 0.2) is 12.3 Å². The summed E-state index contributed by atoms with van der Waals surface area (Å²) in [6, 6.07) is 1.87. The van der Waals surface area contributed by atoms with E-state index in [0.717, 1.165) is 18.7 Å². The number of nitrogens with zero attached hydrogens (tertiary/aromatic N) is 2. The van der Waals surface area contributed by atoms with Crippen LogP contribution in [-0.4, -0.2) is 28.1 Å². The quantitative estimate of drug-likeness (QED) is 0.781. The summed E-state index contributed by atoms with van der Waals surface area (Å²) in [6.07, 6.45) is 3.04. The van der Waals surface area contributed by atoms with Gasteiger partial charge < -0.3 is 9.84 Å². The number of methoxy groups -OCH3 is 1. The maximum absolute atomic E-state index is 9.95. The molecule has 0 aliphatic rings. The van der Waals surface area contributed by atoms with Crippen molar-refractivity contribution in [3.63, 3.8) is 0 Å². The summed E-state index contributed by atoms with van der Waals surface area (Å²) in [4.78, 5) is 0. The lowest BCUT2D eigenvalue weighted by Crippen LogP contribution is -2.11. The SMILES string of the molecule is CCn1nccc1C(O)CCC(C)OC. The van der Waals surface area contributed by atoms with Crippen LogP contribution >= 0.6 is 0 Å². The third kappa shape index (κ3) is 3.32. The molecule has 4 nitrogen and oxygen atoms in total. The van der Waals surface area contributed by atoms with Crippen molar-refractivity contribution in [1.82, 2.24) is 9.78 Å². The molecule has 1 N–H and O–H groups in total. The highest BCUT2D eigenvalue weighted by atomic mass is 16.5. The Morgan fingerprint density at radius 3 is 2.87 bits per heavy atom. The number of aryl methyl sites for hydroxylation is 1. The van der Waals surface area contributed by atoms with Crippen molar-refractivity contribution in [1.29, 1.82) is 0 Å². The van der Waals surface area contributed by atoms with Gasteiger partial charge in [0.25, 0.3) is 0 Å². The molecular formula is C11H20N2O2. The Morgan fingerprint density at radius 2 is 2.27 bits per heavy atom. The Morgan fingerprint density at radius 1 is 1.53 bits per heavy atom. The van der Waals surface area contributed by atoms with E-state index in [1.165, 1.54) is 0 Å². The van der Waals surface area contributed by atoms with Gasteiger partial charge in [0, 0.05) is 19.9 Å². The first kappa shape index (κ1) is 12.2. The third-order valence-corrected chi connectivity index (χ3v) is 2.64. The molecule has 2 unspecified atom stereocenters. The number of aliphatic hydroxyl groups is 1. The summed E-state index contributed by atoms with van der Waals surface area (Å²) in [5, 5.41) is 14.1. The first-order chi connectivity index (χ1) is 7.19. The van der Waals surface area contributed by atoms with Gasteiger partial charge >= 0.3 is 0 Å². The molecule has 0 amide bonds. The summed E-state index contributed by atoms with van der Waals surface area (Å²) < 4.78 is 6.96. The Bertz CT molecular complexity index is 286. The van der Waals surface area contributed by atoms with Crippen molar-refractivity contribution < 1.29 is 9.84 Å². The monoisotopic (exact) mass is 212 g/mol. The highest BCUT2D eigenvalue weighted by Crippen LogP contribution is 2.19. The molecule has 1 heterocycles. The first-order valence-electron chi connectivity index (χ1n) is 5.41. The zero-order chi connectivity index (χ0) is 11.3. The Balaban J connectivity index is 2.49. The van der Waals surface area contributed by atoms with E-state index in [4.69, 9.17) is 4.74 Å². The van der Waals surface area contributed by atoms with Gasteiger partial charge in [-0.15, -0.1) is 0 Å². The van der Waals surface area contributed by atoms with Crippen LogP contribution < -0.4 is 0 Å². The highest BCUT2D eigenvalue weighted by Gasteiger charge is 2.13. The van der Waals surface area contributed by atoms with Crippen LogP contribution in [0.2, 0.25) is 0 Å². The second-order valence-electron chi connectivity index (χ2n) is 3.71. The van der Waals surface area contributed by atoms with Gasteiger partial charge in [-0.2, -0.15) is 5.10 Å². The van der Waals surface area contributed by atoms with Gasteiger partial charge in [0.2, 0.25) is 0 Å². The summed E-state index contributed by atoms with van der Waals surface area (Å²) >= 11 is 0. The van der Waals surface area contributed by atoms with E-state index in [-0.39, 0.29) is 6.10 Å². The van der Waals surface area contributed by atoms with Crippen molar-refractivity contribution in [3.8, 4) is 0 Å². The van der Waals surface area contributed by atoms with E-state index in [1.807, 2.05) is 24.6 Å². The smallest absolute Gasteiger partial charge is 0.0957 e. The number of rotatable bonds is 6. The van der Waals surface area contributed by atoms with Gasteiger partial charge in [0.15, 0.2) is 0 Å². The van der Waals surface area contributed by atoms with Crippen LogP contribution in [0, 0.1) is 0 Å². The van der Waals surface area contributed by atoms with Gasteiger partial charge in [-0.3, -0.25) is 4.68 Å². The van der Waals surface area contributed by atoms with E-state index in [1.54, 1.807) is 13.3 Å². The van der Waals surface area contributed by atoms with Gasteiger partial charge in [0.05, 0.1) is 17.9 Å². The molecule has 2 atom stereocenters. The second-order valence-corrected chi connectivity index (χ2v) is 3.71. The minimum Gasteiger partial charge on any atom is -0.387 e. The summed E-state index contributed by atoms with van der Waals surface area (Å²) in [7, 11) is 1.69. The predicted octanol–water partition coefficient (Wildman–Crippen LogP) is 1.75. The molecule has 0 aliphatic heterocycles. The normalized spacial score (nSPS) is 15.2. The van der Waals surface area contributed by atoms with Gasteiger partial charge in [-0.25, -0.2) is 0 Å². The molecule has 0 fully saturated rings. The van der Waals surface area contributed by atoms with Crippen molar-refractivity contribution >= 4 is 0 Å². The summed E-state index contributed by atoms with van der Waals surface area (Å²) in [6.45, 7) is 4.81. The predicted molar refractivity (Wildman–Crippen MR) is 58.6 cm³/mol. The Kier molecular flexibility index (Phi) is 4.78. The summed E-state index contributed by atoms with van der Waals surface area (Å²) in [5.74, 6) is 0. The third-order valence-electron chi connectivity index (χ3n) is 2.64. The molecule has 1 aromatic heterocycles. The van der Waals surface area contributed by atoms with Crippen LogP contribution in [0.25, 0.3) is 0 Å². The van der Waals surface area contributed by atoms with E-state index in [0.29, 0.717) is 6.42 Å². The van der Waals surface area contributed by atoms with Crippen molar-refractivity contribution in [2.75, 3.05) is 7.11 Å². The second kappa shape index (κ2) is 5.88. The number of hydrogen-bond donors (Lipinski definition) is 1. The van der Waals surface area contributed by atoms with E-state index < -0.39 is 6.10 Å². The highest BCUT2D eigenvalue weighted by molar-refractivity contribution is 5.04. The molecule has 0 aliphatic carbocycles. The Hall–Kier alpha value is -0.870. The maximum Gasteiger partial charge on any atom is 0.0957 e. The number of aliphatic hydroxyl groups excluding tert-OH is 1. The molecule has 15 heavy (non-hydrogen) atoms. The minimum absolute atomic E-state index is 0.192. The molecule has 0 radical (unpaired) electrons. The molecule has 1 aromatic rings.